The smallest absolute Gasteiger partial charge is 0.342 e. The SMILES string of the molecule is CCCCCC1C(CCCCC)N1C(N1C(CCCCC)C1CCCCC)C(C(=O)O)(N1C(CCCCC)C1CCCCC)N1C(CCCCC)C1CCCCC. The van der Waals surface area contributed by atoms with Crippen molar-refractivity contribution in [2.24, 2.45) is 0 Å². The molecular formula is C51H98N4O2. The normalized spacial score (nSPS) is 32.9. The fourth-order valence-corrected chi connectivity index (χ4v) is 11.9. The molecule has 1 N–H and O–H groups in total. The summed E-state index contributed by atoms with van der Waals surface area (Å²) in [5, 5.41) is 12.6. The Morgan fingerprint density at radius 2 is 0.561 bits per heavy atom. The van der Waals surface area contributed by atoms with Crippen LogP contribution in [0.2, 0.25) is 0 Å². The van der Waals surface area contributed by atoms with Gasteiger partial charge in [0.05, 0.1) is 0 Å². The maximum Gasteiger partial charge on any atom is 0.342 e. The van der Waals surface area contributed by atoms with Gasteiger partial charge in [0.1, 0.15) is 6.17 Å². The summed E-state index contributed by atoms with van der Waals surface area (Å²) in [6.07, 6.45) is 39.7. The van der Waals surface area contributed by atoms with Gasteiger partial charge < -0.3 is 5.11 Å². The second-order valence-electron chi connectivity index (χ2n) is 19.6. The zero-order valence-corrected chi connectivity index (χ0v) is 39.5. The summed E-state index contributed by atoms with van der Waals surface area (Å²) in [7, 11) is 0. The number of carboxylic acids is 1. The average molecular weight is 799 g/mol. The summed E-state index contributed by atoms with van der Waals surface area (Å²) in [5.41, 5.74) is -0.980. The fraction of sp³-hybridized carbons (Fsp3) is 0.980. The number of carbonyl (C=O) groups is 1. The topological polar surface area (TPSA) is 49.3 Å². The van der Waals surface area contributed by atoms with Gasteiger partial charge in [0.25, 0.3) is 0 Å². The Balaban J connectivity index is 1.92. The Kier molecular flexibility index (Phi) is 22.3. The molecule has 0 amide bonds. The van der Waals surface area contributed by atoms with Gasteiger partial charge in [-0.1, -0.05) is 209 Å². The van der Waals surface area contributed by atoms with Gasteiger partial charge in [0.15, 0.2) is 0 Å². The number of unbranched alkanes of at least 4 members (excludes halogenated alkanes) is 16. The first-order valence-electron chi connectivity index (χ1n) is 26.3. The number of aliphatic carboxylic acids is 1. The third-order valence-corrected chi connectivity index (χ3v) is 15.2. The molecule has 4 rings (SSSR count). The molecular weight excluding hydrogens is 701 g/mol. The van der Waals surface area contributed by atoms with E-state index >= 15 is 4.79 Å². The molecule has 0 aromatic carbocycles. The second kappa shape index (κ2) is 25.9. The zero-order chi connectivity index (χ0) is 41.2. The van der Waals surface area contributed by atoms with Crippen LogP contribution in [0, 0.1) is 0 Å². The van der Waals surface area contributed by atoms with Crippen LogP contribution in [-0.2, 0) is 4.79 Å². The van der Waals surface area contributed by atoms with Gasteiger partial charge in [-0.2, -0.15) is 0 Å². The molecule has 4 saturated heterocycles. The highest BCUT2D eigenvalue weighted by molar-refractivity contribution is 5.81. The Bertz CT molecular complexity index is 949. The van der Waals surface area contributed by atoms with E-state index in [0.29, 0.717) is 48.3 Å². The average Bonchev–Trinajstić information content (AvgIpc) is 4.14. The van der Waals surface area contributed by atoms with Crippen molar-refractivity contribution in [2.75, 3.05) is 0 Å². The van der Waals surface area contributed by atoms with Crippen molar-refractivity contribution in [3.63, 3.8) is 0 Å². The van der Waals surface area contributed by atoms with Crippen molar-refractivity contribution in [1.82, 2.24) is 19.6 Å². The van der Waals surface area contributed by atoms with Gasteiger partial charge in [-0.05, 0) is 51.4 Å². The predicted molar refractivity (Wildman–Crippen MR) is 245 cm³/mol. The summed E-state index contributed by atoms with van der Waals surface area (Å²) >= 11 is 0. The minimum absolute atomic E-state index is 0.0544. The lowest BCUT2D eigenvalue weighted by Gasteiger charge is -2.44. The Morgan fingerprint density at radius 3 is 0.737 bits per heavy atom. The Hall–Kier alpha value is -0.690. The van der Waals surface area contributed by atoms with E-state index in [4.69, 9.17) is 0 Å². The zero-order valence-electron chi connectivity index (χ0n) is 39.5. The van der Waals surface area contributed by atoms with Crippen LogP contribution in [0.3, 0.4) is 0 Å². The van der Waals surface area contributed by atoms with Gasteiger partial charge in [-0.15, -0.1) is 0 Å². The highest BCUT2D eigenvalue weighted by atomic mass is 16.4. The molecule has 334 valence electrons. The molecule has 57 heavy (non-hydrogen) atoms. The predicted octanol–water partition coefficient (Wildman–Crippen LogP) is 13.9. The van der Waals surface area contributed by atoms with Crippen LogP contribution >= 0.6 is 0 Å². The lowest BCUT2D eigenvalue weighted by atomic mass is 10.0. The van der Waals surface area contributed by atoms with Crippen molar-refractivity contribution in [1.29, 1.82) is 0 Å². The minimum atomic E-state index is -0.980. The maximum absolute atomic E-state index is 15.3. The molecule has 4 aliphatic rings. The number of nitrogens with zero attached hydrogens (tertiary/aromatic N) is 4. The van der Waals surface area contributed by atoms with Gasteiger partial charge in [0.2, 0.25) is 5.66 Å². The lowest BCUT2D eigenvalue weighted by Crippen LogP contribution is -2.69. The first-order chi connectivity index (χ1) is 27.9. The standard InChI is InChI=1S/C51H98N4O2/c1-9-17-25-33-41-42(34-26-18-10-2)52(41)49(53-43(35-27-19-11-3)44(53)36-28-20-12-4)51(50(56)57,54-45(37-29-21-13-5)46(54)38-30-22-14-6)55-47(39-31-23-15-7)48(55)40-32-24-16-8/h41-49H,9-40H2,1-8H3,(H,56,57). The van der Waals surface area contributed by atoms with E-state index in [0.717, 1.165) is 0 Å². The summed E-state index contributed by atoms with van der Waals surface area (Å²) in [6, 6.07) is 3.70. The molecule has 4 fully saturated rings. The van der Waals surface area contributed by atoms with Crippen LogP contribution in [-0.4, -0.2) is 90.8 Å². The van der Waals surface area contributed by atoms with E-state index < -0.39 is 11.6 Å². The number of carboxylic acid groups (broad SMARTS) is 1. The number of hydrogen-bond acceptors (Lipinski definition) is 5. The van der Waals surface area contributed by atoms with Gasteiger partial charge in [0, 0.05) is 48.3 Å². The lowest BCUT2D eigenvalue weighted by molar-refractivity contribution is -0.168. The van der Waals surface area contributed by atoms with Crippen LogP contribution in [0.15, 0.2) is 0 Å². The maximum atomic E-state index is 15.3. The van der Waals surface area contributed by atoms with Crippen LogP contribution in [0.25, 0.3) is 0 Å². The molecule has 0 bridgehead atoms. The van der Waals surface area contributed by atoms with E-state index in [2.05, 4.69) is 75.0 Å². The molecule has 0 saturated carbocycles. The molecule has 8 atom stereocenters. The molecule has 8 unspecified atom stereocenters. The molecule has 6 heteroatoms. The molecule has 6 nitrogen and oxygen atoms in total. The third-order valence-electron chi connectivity index (χ3n) is 15.2. The highest BCUT2D eigenvalue weighted by Crippen LogP contribution is 2.60. The van der Waals surface area contributed by atoms with Gasteiger partial charge in [-0.3, -0.25) is 19.6 Å². The Morgan fingerprint density at radius 1 is 0.368 bits per heavy atom. The first-order valence-corrected chi connectivity index (χ1v) is 26.3. The van der Waals surface area contributed by atoms with E-state index in [1.165, 1.54) is 205 Å². The summed E-state index contributed by atoms with van der Waals surface area (Å²) in [5.74, 6) is -0.498. The molecule has 4 aliphatic heterocycles. The molecule has 0 aromatic heterocycles. The fourth-order valence-electron chi connectivity index (χ4n) is 11.9. The number of hydrogen-bond donors (Lipinski definition) is 1. The van der Waals surface area contributed by atoms with Crippen molar-refractivity contribution in [2.45, 2.75) is 321 Å². The van der Waals surface area contributed by atoms with Crippen molar-refractivity contribution in [3.8, 4) is 0 Å². The summed E-state index contributed by atoms with van der Waals surface area (Å²) < 4.78 is 0. The quantitative estimate of drug-likeness (QED) is 0.0496. The largest absolute Gasteiger partial charge is 0.479 e. The molecule has 0 spiro atoms. The van der Waals surface area contributed by atoms with Crippen LogP contribution < -0.4 is 0 Å². The summed E-state index contributed by atoms with van der Waals surface area (Å²) in [4.78, 5) is 26.7. The van der Waals surface area contributed by atoms with Gasteiger partial charge >= 0.3 is 5.97 Å². The number of rotatable bonds is 38. The minimum Gasteiger partial charge on any atom is -0.479 e. The molecule has 0 aromatic rings. The molecule has 4 heterocycles. The van der Waals surface area contributed by atoms with Crippen LogP contribution in [0.5, 0.6) is 0 Å². The van der Waals surface area contributed by atoms with E-state index in [1.54, 1.807) is 0 Å². The van der Waals surface area contributed by atoms with E-state index in [9.17, 15) is 5.11 Å². The summed E-state index contributed by atoms with van der Waals surface area (Å²) in [6.45, 7) is 18.7. The van der Waals surface area contributed by atoms with Crippen molar-refractivity contribution < 1.29 is 9.90 Å². The second-order valence-corrected chi connectivity index (χ2v) is 19.6. The molecule has 0 radical (unpaired) electrons. The van der Waals surface area contributed by atoms with E-state index in [-0.39, 0.29) is 6.17 Å². The van der Waals surface area contributed by atoms with Gasteiger partial charge in [-0.25, -0.2) is 4.79 Å². The molecule has 0 aliphatic carbocycles. The van der Waals surface area contributed by atoms with Crippen molar-refractivity contribution in [3.05, 3.63) is 0 Å². The van der Waals surface area contributed by atoms with E-state index in [1.807, 2.05) is 0 Å². The Labute approximate surface area is 355 Å². The van der Waals surface area contributed by atoms with Crippen molar-refractivity contribution >= 4 is 5.97 Å². The monoisotopic (exact) mass is 799 g/mol. The van der Waals surface area contributed by atoms with Crippen LogP contribution in [0.1, 0.15) is 261 Å². The van der Waals surface area contributed by atoms with Crippen LogP contribution in [0.4, 0.5) is 0 Å². The highest BCUT2D eigenvalue weighted by Gasteiger charge is 2.79. The third kappa shape index (κ3) is 12.7. The first kappa shape index (κ1) is 49.0.